The molecule has 0 aliphatic carbocycles. The number of H-pyrrole nitrogens is 1. The lowest BCUT2D eigenvalue weighted by atomic mass is 10.1. The molecular weight excluding hydrogens is 325 g/mol. The van der Waals surface area contributed by atoms with E-state index >= 15 is 0 Å². The molecule has 0 unspecified atom stereocenters. The van der Waals surface area contributed by atoms with Gasteiger partial charge in [0, 0.05) is 30.0 Å². The minimum atomic E-state index is -0.357. The Balaban J connectivity index is 1.57. The van der Waals surface area contributed by atoms with Gasteiger partial charge in [-0.3, -0.25) is 4.79 Å². The highest BCUT2D eigenvalue weighted by atomic mass is 19.1. The molecule has 1 aliphatic rings. The third-order valence-corrected chi connectivity index (χ3v) is 4.28. The highest BCUT2D eigenvalue weighted by Crippen LogP contribution is 2.19. The van der Waals surface area contributed by atoms with Gasteiger partial charge in [0.1, 0.15) is 11.5 Å². The second-order valence-corrected chi connectivity index (χ2v) is 6.55. The Morgan fingerprint density at radius 2 is 2.04 bits per heavy atom. The first-order valence-electron chi connectivity index (χ1n) is 8.47. The fraction of sp³-hybridized carbons (Fsp3) is 0.444. The number of halogens is 1. The summed E-state index contributed by atoms with van der Waals surface area (Å²) in [5.74, 6) is -0.622. The molecule has 6 nitrogen and oxygen atoms in total. The van der Waals surface area contributed by atoms with E-state index in [-0.39, 0.29) is 30.0 Å². The average molecular weight is 347 g/mol. The van der Waals surface area contributed by atoms with E-state index in [0.717, 1.165) is 0 Å². The number of aromatic amines is 1. The second kappa shape index (κ2) is 7.13. The fourth-order valence-electron chi connectivity index (χ4n) is 2.99. The number of carbonyl (C=O) groups is 2. The average Bonchev–Trinajstić information content (AvgIpc) is 3.01. The van der Waals surface area contributed by atoms with Crippen LogP contribution in [0, 0.1) is 5.82 Å². The summed E-state index contributed by atoms with van der Waals surface area (Å²) in [5, 5.41) is 3.35. The van der Waals surface area contributed by atoms with E-state index in [1.165, 1.54) is 12.1 Å². The highest BCUT2D eigenvalue weighted by molar-refractivity contribution is 5.98. The van der Waals surface area contributed by atoms with Crippen LogP contribution in [0.5, 0.6) is 0 Å². The minimum Gasteiger partial charge on any atom is -0.447 e. The molecule has 2 heterocycles. The first kappa shape index (κ1) is 17.3. The van der Waals surface area contributed by atoms with Crippen LogP contribution in [0.4, 0.5) is 9.18 Å². The maximum atomic E-state index is 13.7. The molecule has 2 N–H and O–H groups in total. The van der Waals surface area contributed by atoms with Crippen molar-refractivity contribution in [1.82, 2.24) is 15.2 Å². The number of rotatable bonds is 3. The van der Waals surface area contributed by atoms with Gasteiger partial charge >= 0.3 is 6.09 Å². The SMILES string of the molecule is CC(C)OC(=O)N1CCC(NC(=O)c2cc3c(F)cccc3[nH]2)CC1. The molecule has 0 radical (unpaired) electrons. The molecular formula is C18H22FN3O3. The zero-order valence-electron chi connectivity index (χ0n) is 14.3. The van der Waals surface area contributed by atoms with Crippen LogP contribution in [0.25, 0.3) is 10.9 Å². The maximum absolute atomic E-state index is 13.7. The van der Waals surface area contributed by atoms with Crippen LogP contribution in [-0.2, 0) is 4.74 Å². The Hall–Kier alpha value is -2.57. The Labute approximate surface area is 145 Å². The van der Waals surface area contributed by atoms with Crippen LogP contribution < -0.4 is 5.32 Å². The van der Waals surface area contributed by atoms with Gasteiger partial charge in [-0.1, -0.05) is 6.07 Å². The minimum absolute atomic E-state index is 0.0214. The van der Waals surface area contributed by atoms with E-state index in [1.807, 2.05) is 13.8 Å². The van der Waals surface area contributed by atoms with Crippen LogP contribution >= 0.6 is 0 Å². The second-order valence-electron chi connectivity index (χ2n) is 6.55. The molecule has 0 spiro atoms. The third kappa shape index (κ3) is 3.92. The van der Waals surface area contributed by atoms with E-state index in [1.54, 1.807) is 17.0 Å². The van der Waals surface area contributed by atoms with E-state index < -0.39 is 0 Å². The van der Waals surface area contributed by atoms with Crippen molar-refractivity contribution in [2.45, 2.75) is 38.8 Å². The Morgan fingerprint density at radius 1 is 1.32 bits per heavy atom. The summed E-state index contributed by atoms with van der Waals surface area (Å²) < 4.78 is 18.9. The van der Waals surface area contributed by atoms with E-state index in [4.69, 9.17) is 4.74 Å². The van der Waals surface area contributed by atoms with Gasteiger partial charge in [-0.2, -0.15) is 0 Å². The van der Waals surface area contributed by atoms with Crippen molar-refractivity contribution in [3.63, 3.8) is 0 Å². The van der Waals surface area contributed by atoms with Crippen LogP contribution in [0.2, 0.25) is 0 Å². The van der Waals surface area contributed by atoms with Crippen molar-refractivity contribution in [2.24, 2.45) is 0 Å². The van der Waals surface area contributed by atoms with E-state index in [0.29, 0.717) is 42.5 Å². The molecule has 0 atom stereocenters. The van der Waals surface area contributed by atoms with Crippen LogP contribution in [0.1, 0.15) is 37.2 Å². The van der Waals surface area contributed by atoms with Crippen molar-refractivity contribution in [3.8, 4) is 0 Å². The molecule has 0 bridgehead atoms. The number of aromatic nitrogens is 1. The molecule has 134 valence electrons. The monoisotopic (exact) mass is 347 g/mol. The van der Waals surface area contributed by atoms with E-state index in [9.17, 15) is 14.0 Å². The molecule has 2 amide bonds. The largest absolute Gasteiger partial charge is 0.447 e. The van der Waals surface area contributed by atoms with Gasteiger partial charge in [-0.25, -0.2) is 9.18 Å². The summed E-state index contributed by atoms with van der Waals surface area (Å²) in [6, 6.07) is 6.20. The van der Waals surface area contributed by atoms with Gasteiger partial charge in [0.25, 0.3) is 5.91 Å². The molecule has 1 fully saturated rings. The molecule has 2 aromatic rings. The van der Waals surface area contributed by atoms with Crippen molar-refractivity contribution >= 4 is 22.9 Å². The zero-order valence-corrected chi connectivity index (χ0v) is 14.3. The number of piperidine rings is 1. The molecule has 0 saturated carbocycles. The number of likely N-dealkylation sites (tertiary alicyclic amines) is 1. The first-order valence-corrected chi connectivity index (χ1v) is 8.47. The molecule has 1 aromatic carbocycles. The maximum Gasteiger partial charge on any atom is 0.410 e. The molecule has 7 heteroatoms. The zero-order chi connectivity index (χ0) is 18.0. The lowest BCUT2D eigenvalue weighted by Gasteiger charge is -2.32. The summed E-state index contributed by atoms with van der Waals surface area (Å²) in [5.41, 5.74) is 0.929. The van der Waals surface area contributed by atoms with Gasteiger partial charge in [0.05, 0.1) is 6.10 Å². The van der Waals surface area contributed by atoms with Crippen LogP contribution in [0.15, 0.2) is 24.3 Å². The van der Waals surface area contributed by atoms with Gasteiger partial charge in [-0.15, -0.1) is 0 Å². The predicted octanol–water partition coefficient (Wildman–Crippen LogP) is 3.05. The van der Waals surface area contributed by atoms with Crippen molar-refractivity contribution in [3.05, 3.63) is 35.8 Å². The number of nitrogens with one attached hydrogen (secondary N) is 2. The van der Waals surface area contributed by atoms with Gasteiger partial charge < -0.3 is 19.9 Å². The van der Waals surface area contributed by atoms with Gasteiger partial charge in [0.2, 0.25) is 0 Å². The number of nitrogens with zero attached hydrogens (tertiary/aromatic N) is 1. The molecule has 1 aliphatic heterocycles. The fourth-order valence-corrected chi connectivity index (χ4v) is 2.99. The van der Waals surface area contributed by atoms with Crippen molar-refractivity contribution in [1.29, 1.82) is 0 Å². The summed E-state index contributed by atoms with van der Waals surface area (Å²) in [6.45, 7) is 4.71. The number of carbonyl (C=O) groups excluding carboxylic acids is 2. The predicted molar refractivity (Wildman–Crippen MR) is 91.9 cm³/mol. The summed E-state index contributed by atoms with van der Waals surface area (Å²) >= 11 is 0. The molecule has 25 heavy (non-hydrogen) atoms. The third-order valence-electron chi connectivity index (χ3n) is 4.28. The standard InChI is InChI=1S/C18H22FN3O3/c1-11(2)25-18(24)22-8-6-12(7-9-22)20-17(23)16-10-13-14(19)4-3-5-15(13)21-16/h3-5,10-12,21H,6-9H2,1-2H3,(H,20,23). The smallest absolute Gasteiger partial charge is 0.410 e. The number of fused-ring (bicyclic) bond motifs is 1. The quantitative estimate of drug-likeness (QED) is 0.896. The molecule has 1 saturated heterocycles. The number of hydrogen-bond donors (Lipinski definition) is 2. The van der Waals surface area contributed by atoms with Crippen LogP contribution in [-0.4, -0.2) is 47.1 Å². The summed E-state index contributed by atoms with van der Waals surface area (Å²) in [6.07, 6.45) is 0.860. The topological polar surface area (TPSA) is 74.4 Å². The summed E-state index contributed by atoms with van der Waals surface area (Å²) in [7, 11) is 0. The molecule has 1 aromatic heterocycles. The number of hydrogen-bond acceptors (Lipinski definition) is 3. The highest BCUT2D eigenvalue weighted by Gasteiger charge is 2.25. The van der Waals surface area contributed by atoms with Crippen molar-refractivity contribution in [2.75, 3.05) is 13.1 Å². The van der Waals surface area contributed by atoms with Gasteiger partial charge in [0.15, 0.2) is 0 Å². The molecule has 3 rings (SSSR count). The Bertz CT molecular complexity index is 779. The van der Waals surface area contributed by atoms with Crippen molar-refractivity contribution < 1.29 is 18.7 Å². The Morgan fingerprint density at radius 3 is 2.68 bits per heavy atom. The Kier molecular flexibility index (Phi) is 4.92. The van der Waals surface area contributed by atoms with E-state index in [2.05, 4.69) is 10.3 Å². The lowest BCUT2D eigenvalue weighted by Crippen LogP contribution is -2.47. The van der Waals surface area contributed by atoms with Crippen LogP contribution in [0.3, 0.4) is 0 Å². The normalized spacial score (nSPS) is 15.6. The number of benzene rings is 1. The number of amides is 2. The van der Waals surface area contributed by atoms with Gasteiger partial charge in [-0.05, 0) is 44.9 Å². The first-order chi connectivity index (χ1) is 11.9. The number of ether oxygens (including phenoxy) is 1. The summed E-state index contributed by atoms with van der Waals surface area (Å²) in [4.78, 5) is 28.8. The lowest BCUT2D eigenvalue weighted by molar-refractivity contribution is 0.0667.